The van der Waals surface area contributed by atoms with Gasteiger partial charge in [0.05, 0.1) is 22.5 Å². The van der Waals surface area contributed by atoms with Gasteiger partial charge in [0.25, 0.3) is 0 Å². The number of piperazine rings is 1. The number of ether oxygens (including phenoxy) is 3. The van der Waals surface area contributed by atoms with Crippen LogP contribution in [0.5, 0.6) is 11.5 Å². The van der Waals surface area contributed by atoms with Gasteiger partial charge in [0.15, 0.2) is 0 Å². The Morgan fingerprint density at radius 1 is 0.975 bits per heavy atom. The average molecular weight is 573 g/mol. The van der Waals surface area contributed by atoms with E-state index in [0.717, 1.165) is 77.2 Å². The Labute approximate surface area is 240 Å². The molecule has 3 aromatic rings. The number of hydrogen-bond acceptors (Lipinski definition) is 9. The number of fused-ring (bicyclic) bond motifs is 1. The van der Waals surface area contributed by atoms with E-state index in [2.05, 4.69) is 37.0 Å². The first kappa shape index (κ1) is 28.8. The van der Waals surface area contributed by atoms with Gasteiger partial charge in [-0.25, -0.2) is 14.4 Å². The zero-order valence-corrected chi connectivity index (χ0v) is 24.0. The molecule has 1 aromatic heterocycles. The highest BCUT2D eigenvalue weighted by atomic mass is 35.5. The summed E-state index contributed by atoms with van der Waals surface area (Å²) in [6, 6.07) is 8.35. The van der Waals surface area contributed by atoms with Crippen LogP contribution < -0.4 is 14.8 Å². The van der Waals surface area contributed by atoms with Crippen molar-refractivity contribution in [2.24, 2.45) is 0 Å². The van der Waals surface area contributed by atoms with Gasteiger partial charge in [-0.2, -0.15) is 0 Å². The van der Waals surface area contributed by atoms with Gasteiger partial charge in [0.1, 0.15) is 42.2 Å². The summed E-state index contributed by atoms with van der Waals surface area (Å²) in [5.41, 5.74) is 1.33. The molecule has 40 heavy (non-hydrogen) atoms. The van der Waals surface area contributed by atoms with Crippen molar-refractivity contribution in [2.45, 2.75) is 18.9 Å². The molecule has 0 unspecified atom stereocenters. The van der Waals surface area contributed by atoms with Crippen LogP contribution >= 0.6 is 11.6 Å². The van der Waals surface area contributed by atoms with Crippen LogP contribution in [0.2, 0.25) is 5.02 Å². The van der Waals surface area contributed by atoms with Crippen LogP contribution in [0.1, 0.15) is 12.8 Å². The number of likely N-dealkylation sites (tertiary alicyclic amines) is 1. The maximum absolute atomic E-state index is 13.7. The lowest BCUT2D eigenvalue weighted by Crippen LogP contribution is -2.48. The van der Waals surface area contributed by atoms with E-state index in [-0.39, 0.29) is 11.1 Å². The number of rotatable bonds is 11. The highest BCUT2D eigenvalue weighted by Crippen LogP contribution is 2.37. The Balaban J connectivity index is 1.32. The second-order valence-electron chi connectivity index (χ2n) is 10.4. The number of aromatic nitrogens is 2. The Kier molecular flexibility index (Phi) is 9.88. The van der Waals surface area contributed by atoms with Crippen molar-refractivity contribution in [3.63, 3.8) is 0 Å². The Hall–Kier alpha value is -2.76. The monoisotopic (exact) mass is 572 g/mol. The maximum atomic E-state index is 13.7. The molecule has 0 atom stereocenters. The molecular weight excluding hydrogens is 535 g/mol. The second kappa shape index (κ2) is 13.7. The molecule has 9 nitrogen and oxygen atoms in total. The van der Waals surface area contributed by atoms with Gasteiger partial charge in [0.2, 0.25) is 0 Å². The fraction of sp³-hybridized carbons (Fsp3) is 0.517. The van der Waals surface area contributed by atoms with Crippen molar-refractivity contribution in [2.75, 3.05) is 85.0 Å². The third-order valence-electron chi connectivity index (χ3n) is 7.57. The standard InChI is InChI=1S/C29H38ClFN6O3/c1-35-7-5-22(6-8-35)40-27-19-23(39-16-14-37-11-9-36(10-12-37)13-15-38-2)18-26-28(27)29(33-20-32-26)34-21-3-4-25(31)24(30)17-21/h3-4,17-20,22H,5-16H2,1-2H3,(H,32,33,34). The first-order chi connectivity index (χ1) is 19.5. The molecular formula is C29H38ClFN6O3. The Morgan fingerprint density at radius 3 is 2.40 bits per heavy atom. The Bertz CT molecular complexity index is 1270. The molecule has 2 saturated heterocycles. The van der Waals surface area contributed by atoms with Crippen LogP contribution in [0.25, 0.3) is 10.9 Å². The van der Waals surface area contributed by atoms with Crippen molar-refractivity contribution < 1.29 is 18.6 Å². The predicted molar refractivity (Wildman–Crippen MR) is 156 cm³/mol. The number of piperidine rings is 1. The average Bonchev–Trinajstić information content (AvgIpc) is 2.96. The molecule has 0 saturated carbocycles. The third kappa shape index (κ3) is 7.50. The maximum Gasteiger partial charge on any atom is 0.145 e. The van der Waals surface area contributed by atoms with E-state index < -0.39 is 5.82 Å². The van der Waals surface area contributed by atoms with E-state index >= 15 is 0 Å². The summed E-state index contributed by atoms with van der Waals surface area (Å²) >= 11 is 6.02. The van der Waals surface area contributed by atoms with Crippen LogP contribution in [0, 0.1) is 5.82 Å². The van der Waals surface area contributed by atoms with Crippen molar-refractivity contribution in [1.82, 2.24) is 24.7 Å². The molecule has 5 rings (SSSR count). The van der Waals surface area contributed by atoms with Crippen LogP contribution in [0.4, 0.5) is 15.9 Å². The van der Waals surface area contributed by atoms with Gasteiger partial charge in [-0.15, -0.1) is 0 Å². The van der Waals surface area contributed by atoms with E-state index in [9.17, 15) is 4.39 Å². The Morgan fingerprint density at radius 2 is 1.70 bits per heavy atom. The number of hydrogen-bond donors (Lipinski definition) is 1. The van der Waals surface area contributed by atoms with Crippen molar-refractivity contribution in [3.8, 4) is 11.5 Å². The summed E-state index contributed by atoms with van der Waals surface area (Å²) in [6.07, 6.45) is 3.45. The molecule has 0 amide bonds. The van der Waals surface area contributed by atoms with Crippen molar-refractivity contribution in [1.29, 1.82) is 0 Å². The van der Waals surface area contributed by atoms with Crippen molar-refractivity contribution in [3.05, 3.63) is 47.5 Å². The third-order valence-corrected chi connectivity index (χ3v) is 7.86. The summed E-state index contributed by atoms with van der Waals surface area (Å²) in [4.78, 5) is 16.2. The summed E-state index contributed by atoms with van der Waals surface area (Å²) in [6.45, 7) is 9.25. The lowest BCUT2D eigenvalue weighted by Gasteiger charge is -2.34. The van der Waals surface area contributed by atoms with Gasteiger partial charge in [-0.1, -0.05) is 11.6 Å². The van der Waals surface area contributed by atoms with Gasteiger partial charge < -0.3 is 24.4 Å². The van der Waals surface area contributed by atoms with Crippen LogP contribution in [-0.4, -0.2) is 111 Å². The molecule has 0 spiro atoms. The summed E-state index contributed by atoms with van der Waals surface area (Å²) in [5, 5.41) is 4.06. The molecule has 2 fully saturated rings. The molecule has 11 heteroatoms. The lowest BCUT2D eigenvalue weighted by molar-refractivity contribution is 0.0892. The topological polar surface area (TPSA) is 75.2 Å². The molecule has 2 aliphatic rings. The highest BCUT2D eigenvalue weighted by Gasteiger charge is 2.22. The smallest absolute Gasteiger partial charge is 0.145 e. The normalized spacial score (nSPS) is 17.8. The van der Waals surface area contributed by atoms with Crippen LogP contribution in [-0.2, 0) is 4.74 Å². The quantitative estimate of drug-likeness (QED) is 0.362. The molecule has 216 valence electrons. The number of benzene rings is 2. The molecule has 0 bridgehead atoms. The van der Waals surface area contributed by atoms with Crippen molar-refractivity contribution >= 4 is 34.0 Å². The number of nitrogens with zero attached hydrogens (tertiary/aromatic N) is 5. The zero-order valence-electron chi connectivity index (χ0n) is 23.2. The van der Waals surface area contributed by atoms with E-state index in [4.69, 9.17) is 25.8 Å². The zero-order chi connectivity index (χ0) is 27.9. The second-order valence-corrected chi connectivity index (χ2v) is 10.8. The molecule has 2 aromatic carbocycles. The van der Waals surface area contributed by atoms with Gasteiger partial charge in [-0.05, 0) is 38.1 Å². The summed E-state index contributed by atoms with van der Waals surface area (Å²) < 4.78 is 31.8. The number of anilines is 2. The molecule has 0 aliphatic carbocycles. The minimum absolute atomic E-state index is 0.0400. The fourth-order valence-electron chi connectivity index (χ4n) is 5.14. The molecule has 1 N–H and O–H groups in total. The summed E-state index contributed by atoms with van der Waals surface area (Å²) in [5.74, 6) is 1.48. The van der Waals surface area contributed by atoms with E-state index in [0.29, 0.717) is 35.1 Å². The van der Waals surface area contributed by atoms with Gasteiger partial charge in [-0.3, -0.25) is 9.80 Å². The lowest BCUT2D eigenvalue weighted by atomic mass is 10.1. The van der Waals surface area contributed by atoms with E-state index in [1.807, 2.05) is 12.1 Å². The molecule has 3 heterocycles. The highest BCUT2D eigenvalue weighted by molar-refractivity contribution is 6.31. The largest absolute Gasteiger partial charge is 0.492 e. The number of nitrogens with one attached hydrogen (secondary N) is 1. The fourth-order valence-corrected chi connectivity index (χ4v) is 5.32. The minimum Gasteiger partial charge on any atom is -0.492 e. The SMILES string of the molecule is COCCN1CCN(CCOc2cc(OC3CCN(C)CC3)c3c(Nc4ccc(F)c(Cl)c4)ncnc3c2)CC1. The first-order valence-corrected chi connectivity index (χ1v) is 14.3. The van der Waals surface area contributed by atoms with Crippen LogP contribution in [0.15, 0.2) is 36.7 Å². The predicted octanol–water partition coefficient (Wildman–Crippen LogP) is 4.28. The van der Waals surface area contributed by atoms with E-state index in [1.165, 1.54) is 18.5 Å². The molecule has 0 radical (unpaired) electrons. The van der Waals surface area contributed by atoms with Gasteiger partial charge in [0, 0.05) is 77.3 Å². The number of halogens is 2. The summed E-state index contributed by atoms with van der Waals surface area (Å²) in [7, 11) is 3.87. The van der Waals surface area contributed by atoms with Crippen LogP contribution in [0.3, 0.4) is 0 Å². The minimum atomic E-state index is -0.471. The molecule has 2 aliphatic heterocycles. The van der Waals surface area contributed by atoms with Gasteiger partial charge >= 0.3 is 0 Å². The number of methoxy groups -OCH3 is 1. The van der Waals surface area contributed by atoms with E-state index in [1.54, 1.807) is 13.2 Å². The first-order valence-electron chi connectivity index (χ1n) is 13.9.